The molecule has 30 heavy (non-hydrogen) atoms. The highest BCUT2D eigenvalue weighted by Gasteiger charge is 2.31. The van der Waals surface area contributed by atoms with Gasteiger partial charge in [-0.2, -0.15) is 0 Å². The van der Waals surface area contributed by atoms with E-state index < -0.39 is 29.4 Å². The number of rotatable bonds is 7. The van der Waals surface area contributed by atoms with Gasteiger partial charge in [-0.05, 0) is 49.4 Å². The number of hydrogen-bond donors (Lipinski definition) is 1. The average molecular weight is 409 g/mol. The van der Waals surface area contributed by atoms with Crippen molar-refractivity contribution in [1.82, 2.24) is 0 Å². The Hall–Kier alpha value is -2.99. The molecule has 0 aromatic heterocycles. The lowest BCUT2D eigenvalue weighted by atomic mass is 9.98. The van der Waals surface area contributed by atoms with Crippen molar-refractivity contribution in [3.8, 4) is 11.1 Å². The zero-order valence-corrected chi connectivity index (χ0v) is 17.5. The number of nitrogens with two attached hydrogens (primary N) is 1. The molecule has 1 aliphatic carbocycles. The number of fused-ring (bicyclic) bond motifs is 3. The molecule has 6 heteroatoms. The van der Waals surface area contributed by atoms with Crippen LogP contribution in [0.25, 0.3) is 11.1 Å². The van der Waals surface area contributed by atoms with Gasteiger partial charge in [0.1, 0.15) is 12.2 Å². The molecule has 2 aromatic carbocycles. The van der Waals surface area contributed by atoms with Crippen LogP contribution in [0.4, 0.5) is 0 Å². The molecule has 0 amide bonds. The van der Waals surface area contributed by atoms with Gasteiger partial charge < -0.3 is 15.2 Å². The van der Waals surface area contributed by atoms with Gasteiger partial charge >= 0.3 is 11.9 Å². The van der Waals surface area contributed by atoms with E-state index >= 15 is 0 Å². The fourth-order valence-electron chi connectivity index (χ4n) is 3.62. The average Bonchev–Trinajstić information content (AvgIpc) is 3.02. The minimum atomic E-state index is -1.10. The van der Waals surface area contributed by atoms with Gasteiger partial charge in [0.15, 0.2) is 0 Å². The first kappa shape index (κ1) is 21.7. The normalized spacial score (nSPS) is 13.9. The van der Waals surface area contributed by atoms with Crippen LogP contribution < -0.4 is 5.73 Å². The second-order valence-electron chi connectivity index (χ2n) is 8.42. The Morgan fingerprint density at radius 2 is 1.50 bits per heavy atom. The van der Waals surface area contributed by atoms with Gasteiger partial charge in [-0.15, -0.1) is 0 Å². The Bertz CT molecular complexity index is 915. The van der Waals surface area contributed by atoms with Crippen LogP contribution in [0, 0.1) is 0 Å². The van der Waals surface area contributed by atoms with E-state index in [0.717, 1.165) is 22.3 Å². The summed E-state index contributed by atoms with van der Waals surface area (Å²) in [6.45, 7) is 5.32. The molecule has 0 bridgehead atoms. The van der Waals surface area contributed by atoms with Crippen LogP contribution in [-0.2, 0) is 23.9 Å². The van der Waals surface area contributed by atoms with Crippen LogP contribution in [0.5, 0.6) is 0 Å². The number of hydrogen-bond acceptors (Lipinski definition) is 6. The second kappa shape index (κ2) is 8.79. The first-order valence-electron chi connectivity index (χ1n) is 10.0. The highest BCUT2D eigenvalue weighted by Crippen LogP contribution is 2.44. The van der Waals surface area contributed by atoms with Crippen molar-refractivity contribution in [2.45, 2.75) is 51.2 Å². The summed E-state index contributed by atoms with van der Waals surface area (Å²) in [5.41, 5.74) is 9.53. The molecule has 2 N–H and O–H groups in total. The molecule has 0 heterocycles. The van der Waals surface area contributed by atoms with Crippen molar-refractivity contribution in [1.29, 1.82) is 0 Å². The van der Waals surface area contributed by atoms with Crippen molar-refractivity contribution in [2.24, 2.45) is 5.73 Å². The van der Waals surface area contributed by atoms with Crippen molar-refractivity contribution in [2.75, 3.05) is 6.61 Å². The van der Waals surface area contributed by atoms with E-state index in [-0.39, 0.29) is 25.4 Å². The molecular formula is C24H27NO5. The first-order chi connectivity index (χ1) is 14.2. The van der Waals surface area contributed by atoms with Crippen molar-refractivity contribution < 1.29 is 23.9 Å². The van der Waals surface area contributed by atoms with Gasteiger partial charge in [0.2, 0.25) is 0 Å². The van der Waals surface area contributed by atoms with Gasteiger partial charge in [0.05, 0.1) is 6.04 Å². The molecular weight excluding hydrogens is 382 g/mol. The number of carbonyl (C=O) groups excluding carboxylic acids is 3. The van der Waals surface area contributed by atoms with Gasteiger partial charge in [0.25, 0.3) is 5.78 Å². The molecule has 0 radical (unpaired) electrons. The molecule has 158 valence electrons. The van der Waals surface area contributed by atoms with E-state index in [4.69, 9.17) is 15.2 Å². The lowest BCUT2D eigenvalue weighted by molar-refractivity contribution is -0.157. The molecule has 0 spiro atoms. The Balaban J connectivity index is 1.58. The highest BCUT2D eigenvalue weighted by atomic mass is 16.6. The van der Waals surface area contributed by atoms with Crippen molar-refractivity contribution in [3.63, 3.8) is 0 Å². The second-order valence-corrected chi connectivity index (χ2v) is 8.42. The summed E-state index contributed by atoms with van der Waals surface area (Å²) >= 11 is 0. The maximum absolute atomic E-state index is 12.3. The van der Waals surface area contributed by atoms with E-state index in [9.17, 15) is 14.4 Å². The lowest BCUT2D eigenvalue weighted by Crippen LogP contribution is -2.38. The maximum atomic E-state index is 12.3. The number of benzene rings is 2. The lowest BCUT2D eigenvalue weighted by Gasteiger charge is -2.20. The third-order valence-corrected chi connectivity index (χ3v) is 4.96. The molecule has 1 atom stereocenters. The molecule has 0 fully saturated rings. The van der Waals surface area contributed by atoms with Gasteiger partial charge in [-0.3, -0.25) is 9.59 Å². The number of carbonyl (C=O) groups is 3. The quantitative estimate of drug-likeness (QED) is 0.556. The maximum Gasteiger partial charge on any atom is 0.376 e. The van der Waals surface area contributed by atoms with E-state index in [0.29, 0.717) is 0 Å². The standard InChI is InChI=1S/C24H27NO5/c1-24(2,3)30-21(26)13-12-20(25)22(27)23(28)29-14-19-17-10-6-4-8-15(17)16-9-5-7-11-18(16)19/h4-11,19-20H,12-14,25H2,1-3H3/t20-/m0/s1. The molecule has 0 saturated carbocycles. The topological polar surface area (TPSA) is 95.7 Å². The zero-order valence-electron chi connectivity index (χ0n) is 17.5. The minimum Gasteiger partial charge on any atom is -0.460 e. The largest absolute Gasteiger partial charge is 0.460 e. The summed E-state index contributed by atoms with van der Waals surface area (Å²) in [7, 11) is 0. The fourth-order valence-corrected chi connectivity index (χ4v) is 3.62. The Labute approximate surface area is 176 Å². The summed E-state index contributed by atoms with van der Waals surface area (Å²) in [6.07, 6.45) is -0.0151. The molecule has 6 nitrogen and oxygen atoms in total. The third-order valence-electron chi connectivity index (χ3n) is 4.96. The predicted molar refractivity (Wildman–Crippen MR) is 113 cm³/mol. The molecule has 2 aromatic rings. The number of ketones is 1. The van der Waals surface area contributed by atoms with E-state index in [1.165, 1.54) is 0 Å². The molecule has 3 rings (SSSR count). The summed E-state index contributed by atoms with van der Waals surface area (Å²) in [6, 6.07) is 14.8. The van der Waals surface area contributed by atoms with Gasteiger partial charge in [-0.25, -0.2) is 4.79 Å². The molecule has 0 unspecified atom stereocenters. The summed E-state index contributed by atoms with van der Waals surface area (Å²) in [5.74, 6) is -2.41. The third kappa shape index (κ3) is 4.94. The first-order valence-corrected chi connectivity index (χ1v) is 10.0. The zero-order chi connectivity index (χ0) is 21.9. The SMILES string of the molecule is CC(C)(C)OC(=O)CC[C@H](N)C(=O)C(=O)OCC1c2ccccc2-c2ccccc21. The van der Waals surface area contributed by atoms with E-state index in [1.807, 2.05) is 48.5 Å². The van der Waals surface area contributed by atoms with Gasteiger partial charge in [0, 0.05) is 12.3 Å². The fraction of sp³-hybridized carbons (Fsp3) is 0.375. The summed E-state index contributed by atoms with van der Waals surface area (Å²) < 4.78 is 10.5. The van der Waals surface area contributed by atoms with Crippen LogP contribution in [0.3, 0.4) is 0 Å². The Morgan fingerprint density at radius 3 is 2.03 bits per heavy atom. The van der Waals surface area contributed by atoms with Crippen molar-refractivity contribution >= 4 is 17.7 Å². The van der Waals surface area contributed by atoms with Crippen molar-refractivity contribution in [3.05, 3.63) is 59.7 Å². The molecule has 0 saturated heterocycles. The monoisotopic (exact) mass is 409 g/mol. The van der Waals surface area contributed by atoms with E-state index in [2.05, 4.69) is 0 Å². The number of ether oxygens (including phenoxy) is 2. The summed E-state index contributed by atoms with van der Waals surface area (Å²) in [5, 5.41) is 0. The van der Waals surface area contributed by atoms with E-state index in [1.54, 1.807) is 20.8 Å². The van der Waals surface area contributed by atoms with Crippen LogP contribution in [0.2, 0.25) is 0 Å². The molecule has 1 aliphatic rings. The Kier molecular flexibility index (Phi) is 6.37. The van der Waals surface area contributed by atoms with Crippen LogP contribution >= 0.6 is 0 Å². The predicted octanol–water partition coefficient (Wildman–Crippen LogP) is 3.36. The minimum absolute atomic E-state index is 0.0257. The van der Waals surface area contributed by atoms with Crippen LogP contribution in [0.15, 0.2) is 48.5 Å². The van der Waals surface area contributed by atoms with Crippen LogP contribution in [-0.4, -0.2) is 36.0 Å². The van der Waals surface area contributed by atoms with Gasteiger partial charge in [-0.1, -0.05) is 48.5 Å². The highest BCUT2D eigenvalue weighted by molar-refractivity contribution is 6.35. The van der Waals surface area contributed by atoms with Crippen LogP contribution in [0.1, 0.15) is 50.7 Å². The number of Topliss-reactive ketones (excluding diaryl/α,β-unsaturated/α-hetero) is 1. The number of esters is 2. The smallest absolute Gasteiger partial charge is 0.376 e. The summed E-state index contributed by atoms with van der Waals surface area (Å²) in [4.78, 5) is 36.3. The Morgan fingerprint density at radius 1 is 0.967 bits per heavy atom. The molecule has 0 aliphatic heterocycles.